The first-order valence-electron chi connectivity index (χ1n) is 6.97. The monoisotopic (exact) mass is 314 g/mol. The summed E-state index contributed by atoms with van der Waals surface area (Å²) in [5.41, 5.74) is -0.258. The summed E-state index contributed by atoms with van der Waals surface area (Å²) in [5, 5.41) is 9.18. The number of rotatable bonds is 6. The van der Waals surface area contributed by atoms with Crippen molar-refractivity contribution in [3.63, 3.8) is 0 Å². The van der Waals surface area contributed by atoms with Gasteiger partial charge in [-0.05, 0) is 51.3 Å². The largest absolute Gasteiger partial charge is 0.481 e. The molecule has 0 saturated carbocycles. The first-order valence-corrected chi connectivity index (χ1v) is 6.97. The van der Waals surface area contributed by atoms with Gasteiger partial charge in [-0.25, -0.2) is 8.78 Å². The maximum absolute atomic E-state index is 13.1. The van der Waals surface area contributed by atoms with E-state index in [-0.39, 0.29) is 19.3 Å². The SMILES string of the molecule is CC(C)(C)OC(=O)CC[C@@H](Cc1ccc(F)c(F)c1)C(=O)O. The van der Waals surface area contributed by atoms with Gasteiger partial charge in [0.25, 0.3) is 0 Å². The maximum atomic E-state index is 13.1. The summed E-state index contributed by atoms with van der Waals surface area (Å²) >= 11 is 0. The van der Waals surface area contributed by atoms with Gasteiger partial charge in [-0.1, -0.05) is 6.07 Å². The highest BCUT2D eigenvalue weighted by Crippen LogP contribution is 2.18. The summed E-state index contributed by atoms with van der Waals surface area (Å²) in [6, 6.07) is 3.26. The van der Waals surface area contributed by atoms with Crippen LogP contribution < -0.4 is 0 Å². The van der Waals surface area contributed by atoms with Gasteiger partial charge in [0.1, 0.15) is 5.60 Å². The highest BCUT2D eigenvalue weighted by molar-refractivity contribution is 5.73. The molecular weight excluding hydrogens is 294 g/mol. The molecule has 1 N–H and O–H groups in total. The lowest BCUT2D eigenvalue weighted by Gasteiger charge is -2.20. The third-order valence-electron chi connectivity index (χ3n) is 2.93. The summed E-state index contributed by atoms with van der Waals surface area (Å²) < 4.78 is 31.1. The van der Waals surface area contributed by atoms with Gasteiger partial charge in [-0.3, -0.25) is 9.59 Å². The lowest BCUT2D eigenvalue weighted by Crippen LogP contribution is -2.25. The number of aliphatic carboxylic acids is 1. The molecule has 0 bridgehead atoms. The van der Waals surface area contributed by atoms with E-state index >= 15 is 0 Å². The maximum Gasteiger partial charge on any atom is 0.306 e. The number of benzene rings is 1. The third kappa shape index (κ3) is 6.20. The van der Waals surface area contributed by atoms with Crippen LogP contribution in [0.4, 0.5) is 8.78 Å². The zero-order valence-corrected chi connectivity index (χ0v) is 12.9. The first kappa shape index (κ1) is 18.1. The second kappa shape index (κ2) is 7.33. The molecule has 0 radical (unpaired) electrons. The van der Waals surface area contributed by atoms with E-state index in [1.165, 1.54) is 6.07 Å². The Morgan fingerprint density at radius 1 is 1.23 bits per heavy atom. The molecule has 0 aliphatic carbocycles. The van der Waals surface area contributed by atoms with Crippen molar-refractivity contribution in [2.45, 2.75) is 45.6 Å². The van der Waals surface area contributed by atoms with Gasteiger partial charge in [0.2, 0.25) is 0 Å². The van der Waals surface area contributed by atoms with Crippen LogP contribution >= 0.6 is 0 Å². The van der Waals surface area contributed by atoms with Crippen LogP contribution in [0.15, 0.2) is 18.2 Å². The highest BCUT2D eigenvalue weighted by Gasteiger charge is 2.22. The molecule has 1 atom stereocenters. The Kier molecular flexibility index (Phi) is 6.02. The molecule has 1 aromatic rings. The predicted octanol–water partition coefficient (Wildman–Crippen LogP) is 3.33. The fourth-order valence-electron chi connectivity index (χ4n) is 1.95. The Morgan fingerprint density at radius 3 is 2.36 bits per heavy atom. The Morgan fingerprint density at radius 2 is 1.86 bits per heavy atom. The van der Waals surface area contributed by atoms with Crippen LogP contribution in [0.5, 0.6) is 0 Å². The molecule has 0 amide bonds. The molecule has 0 fully saturated rings. The van der Waals surface area contributed by atoms with Crippen molar-refractivity contribution in [3.8, 4) is 0 Å². The number of esters is 1. The summed E-state index contributed by atoms with van der Waals surface area (Å²) in [4.78, 5) is 22.8. The van der Waals surface area contributed by atoms with Gasteiger partial charge < -0.3 is 9.84 Å². The molecule has 0 spiro atoms. The van der Waals surface area contributed by atoms with E-state index in [0.717, 1.165) is 12.1 Å². The molecule has 122 valence electrons. The van der Waals surface area contributed by atoms with E-state index in [9.17, 15) is 23.5 Å². The number of hydrogen-bond donors (Lipinski definition) is 1. The molecule has 0 heterocycles. The molecule has 1 rings (SSSR count). The van der Waals surface area contributed by atoms with Crippen LogP contribution in [-0.2, 0) is 20.7 Å². The zero-order chi connectivity index (χ0) is 16.9. The van der Waals surface area contributed by atoms with Crippen molar-refractivity contribution in [1.29, 1.82) is 0 Å². The second-order valence-corrected chi connectivity index (χ2v) is 6.11. The van der Waals surface area contributed by atoms with Crippen LogP contribution in [0.1, 0.15) is 39.2 Å². The number of carbonyl (C=O) groups excluding carboxylic acids is 1. The van der Waals surface area contributed by atoms with E-state index in [4.69, 9.17) is 4.74 Å². The number of ether oxygens (including phenoxy) is 1. The molecule has 4 nitrogen and oxygen atoms in total. The van der Waals surface area contributed by atoms with Gasteiger partial charge >= 0.3 is 11.9 Å². The Balaban J connectivity index is 2.64. The summed E-state index contributed by atoms with van der Waals surface area (Å²) in [5.74, 6) is -4.44. The number of carboxylic acids is 1. The van der Waals surface area contributed by atoms with Crippen molar-refractivity contribution < 1.29 is 28.2 Å². The third-order valence-corrected chi connectivity index (χ3v) is 2.93. The lowest BCUT2D eigenvalue weighted by atomic mass is 9.94. The van der Waals surface area contributed by atoms with Gasteiger partial charge in [0.15, 0.2) is 11.6 Å². The van der Waals surface area contributed by atoms with Crippen LogP contribution in [0.2, 0.25) is 0 Å². The fourth-order valence-corrected chi connectivity index (χ4v) is 1.95. The van der Waals surface area contributed by atoms with E-state index in [1.807, 2.05) is 0 Å². The summed E-state index contributed by atoms with van der Waals surface area (Å²) in [6.07, 6.45) is 0.0521. The van der Waals surface area contributed by atoms with Crippen molar-refractivity contribution in [2.24, 2.45) is 5.92 Å². The molecule has 1 aromatic carbocycles. The molecular formula is C16H20F2O4. The topological polar surface area (TPSA) is 63.6 Å². The normalized spacial score (nSPS) is 12.8. The minimum atomic E-state index is -1.09. The molecule has 22 heavy (non-hydrogen) atoms. The number of carboxylic acid groups (broad SMARTS) is 1. The molecule has 0 aliphatic heterocycles. The molecule has 0 aromatic heterocycles. The zero-order valence-electron chi connectivity index (χ0n) is 12.9. The second-order valence-electron chi connectivity index (χ2n) is 6.11. The number of halogens is 2. The van der Waals surface area contributed by atoms with E-state index in [0.29, 0.717) is 5.56 Å². The van der Waals surface area contributed by atoms with Crippen LogP contribution in [0.3, 0.4) is 0 Å². The van der Waals surface area contributed by atoms with Gasteiger partial charge in [-0.15, -0.1) is 0 Å². The molecule has 6 heteroatoms. The average Bonchev–Trinajstić information content (AvgIpc) is 2.36. The number of hydrogen-bond acceptors (Lipinski definition) is 3. The Bertz CT molecular complexity index is 550. The lowest BCUT2D eigenvalue weighted by molar-refractivity contribution is -0.155. The molecule has 0 aliphatic rings. The summed E-state index contributed by atoms with van der Waals surface area (Å²) in [7, 11) is 0. The highest BCUT2D eigenvalue weighted by atomic mass is 19.2. The minimum Gasteiger partial charge on any atom is -0.481 e. The Labute approximate surface area is 128 Å². The quantitative estimate of drug-likeness (QED) is 0.818. The van der Waals surface area contributed by atoms with Crippen LogP contribution in [0.25, 0.3) is 0 Å². The molecule has 0 saturated heterocycles. The van der Waals surface area contributed by atoms with Crippen LogP contribution in [0, 0.1) is 17.6 Å². The van der Waals surface area contributed by atoms with E-state index < -0.39 is 35.1 Å². The first-order chi connectivity index (χ1) is 10.1. The van der Waals surface area contributed by atoms with E-state index in [2.05, 4.69) is 0 Å². The standard InChI is InChI=1S/C16H20F2O4/c1-16(2,3)22-14(19)7-5-11(15(20)21)8-10-4-6-12(17)13(18)9-10/h4,6,9,11H,5,7-8H2,1-3H3,(H,20,21)/t11-/m0/s1. The fraction of sp³-hybridized carbons (Fsp3) is 0.500. The van der Waals surface area contributed by atoms with Gasteiger partial charge in [0, 0.05) is 6.42 Å². The van der Waals surface area contributed by atoms with Crippen molar-refractivity contribution >= 4 is 11.9 Å². The van der Waals surface area contributed by atoms with Crippen molar-refractivity contribution in [1.82, 2.24) is 0 Å². The molecule has 0 unspecified atom stereocenters. The smallest absolute Gasteiger partial charge is 0.306 e. The number of carbonyl (C=O) groups is 2. The average molecular weight is 314 g/mol. The Hall–Kier alpha value is -1.98. The van der Waals surface area contributed by atoms with Crippen LogP contribution in [-0.4, -0.2) is 22.6 Å². The van der Waals surface area contributed by atoms with Gasteiger partial charge in [0.05, 0.1) is 5.92 Å². The van der Waals surface area contributed by atoms with E-state index in [1.54, 1.807) is 20.8 Å². The summed E-state index contributed by atoms with van der Waals surface area (Å²) in [6.45, 7) is 5.17. The van der Waals surface area contributed by atoms with Crippen molar-refractivity contribution in [2.75, 3.05) is 0 Å². The predicted molar refractivity (Wildman–Crippen MR) is 76.3 cm³/mol. The van der Waals surface area contributed by atoms with Gasteiger partial charge in [-0.2, -0.15) is 0 Å². The van der Waals surface area contributed by atoms with Crippen molar-refractivity contribution in [3.05, 3.63) is 35.4 Å². The minimum absolute atomic E-state index is 0.0231.